The molecule has 3 amide bonds. The lowest BCUT2D eigenvalue weighted by Crippen LogP contribution is -2.32. The van der Waals surface area contributed by atoms with Crippen LogP contribution < -0.4 is 9.64 Å². The van der Waals surface area contributed by atoms with Gasteiger partial charge in [-0.15, -0.1) is 13.2 Å². The van der Waals surface area contributed by atoms with E-state index >= 15 is 0 Å². The van der Waals surface area contributed by atoms with Crippen LogP contribution in [0.5, 0.6) is 5.75 Å². The van der Waals surface area contributed by atoms with E-state index in [4.69, 9.17) is 0 Å². The molecule has 10 heteroatoms. The Balaban J connectivity index is 1.76. The van der Waals surface area contributed by atoms with Crippen LogP contribution in [0.15, 0.2) is 42.7 Å². The van der Waals surface area contributed by atoms with Gasteiger partial charge in [-0.2, -0.15) is 0 Å². The number of urea groups is 1. The molecule has 6 nitrogen and oxygen atoms in total. The first kappa shape index (κ1) is 17.6. The summed E-state index contributed by atoms with van der Waals surface area (Å²) in [6.45, 7) is -0.411. The van der Waals surface area contributed by atoms with E-state index in [1.54, 1.807) is 0 Å². The molecule has 1 aromatic heterocycles. The minimum atomic E-state index is -4.84. The zero-order chi connectivity index (χ0) is 18.9. The maximum atomic E-state index is 13.7. The second kappa shape index (κ2) is 6.62. The van der Waals surface area contributed by atoms with Crippen LogP contribution in [0.3, 0.4) is 0 Å². The molecule has 0 unspecified atom stereocenters. The summed E-state index contributed by atoms with van der Waals surface area (Å²) >= 11 is 0. The smallest absolute Gasteiger partial charge is 0.406 e. The van der Waals surface area contributed by atoms with Crippen molar-refractivity contribution < 1.29 is 31.9 Å². The number of carbonyl (C=O) groups excluding carboxylic acids is 2. The number of amides is 3. The third kappa shape index (κ3) is 3.73. The number of halogens is 4. The fraction of sp³-hybridized carbons (Fsp3) is 0.188. The van der Waals surface area contributed by atoms with Crippen molar-refractivity contribution >= 4 is 17.6 Å². The average Bonchev–Trinajstić information content (AvgIpc) is 2.83. The van der Waals surface area contributed by atoms with E-state index in [1.807, 2.05) is 0 Å². The van der Waals surface area contributed by atoms with E-state index in [0.29, 0.717) is 0 Å². The molecule has 26 heavy (non-hydrogen) atoms. The second-order valence-corrected chi connectivity index (χ2v) is 5.38. The predicted octanol–water partition coefficient (Wildman–Crippen LogP) is 3.09. The Morgan fingerprint density at radius 2 is 1.81 bits per heavy atom. The van der Waals surface area contributed by atoms with Gasteiger partial charge in [0, 0.05) is 11.8 Å². The maximum absolute atomic E-state index is 13.7. The molecule has 1 fully saturated rings. The molecular formula is C16H11F4N3O3. The number of ether oxygens (including phenoxy) is 1. The molecule has 1 aliphatic heterocycles. The van der Waals surface area contributed by atoms with Crippen LogP contribution in [0.2, 0.25) is 0 Å². The largest absolute Gasteiger partial charge is 0.573 e. The summed E-state index contributed by atoms with van der Waals surface area (Å²) in [5, 5.41) is 0. The summed E-state index contributed by atoms with van der Waals surface area (Å²) in [5.41, 5.74) is 0.282. The molecule has 136 valence electrons. The Kier molecular flexibility index (Phi) is 4.49. The van der Waals surface area contributed by atoms with Gasteiger partial charge < -0.3 is 9.64 Å². The Morgan fingerprint density at radius 3 is 2.42 bits per heavy atom. The minimum Gasteiger partial charge on any atom is -0.406 e. The van der Waals surface area contributed by atoms with Crippen LogP contribution in [0.4, 0.5) is 28.0 Å². The Hall–Kier alpha value is -3.17. The molecule has 1 saturated heterocycles. The zero-order valence-electron chi connectivity index (χ0n) is 13.0. The van der Waals surface area contributed by atoms with Gasteiger partial charge in [-0.05, 0) is 30.3 Å². The van der Waals surface area contributed by atoms with Crippen LogP contribution in [0, 0.1) is 5.82 Å². The van der Waals surface area contributed by atoms with Crippen molar-refractivity contribution in [2.45, 2.75) is 12.9 Å². The molecule has 2 heterocycles. The van der Waals surface area contributed by atoms with Gasteiger partial charge in [0.15, 0.2) is 0 Å². The molecule has 3 rings (SSSR count). The summed E-state index contributed by atoms with van der Waals surface area (Å²) < 4.78 is 53.9. The van der Waals surface area contributed by atoms with Gasteiger partial charge in [-0.25, -0.2) is 14.1 Å². The highest BCUT2D eigenvalue weighted by atomic mass is 19.4. The first-order valence-electron chi connectivity index (χ1n) is 7.30. The lowest BCUT2D eigenvalue weighted by atomic mass is 10.2. The van der Waals surface area contributed by atoms with Crippen molar-refractivity contribution in [2.24, 2.45) is 0 Å². The van der Waals surface area contributed by atoms with Crippen molar-refractivity contribution in [2.75, 3.05) is 11.4 Å². The molecule has 0 bridgehead atoms. The van der Waals surface area contributed by atoms with Crippen LogP contribution in [0.1, 0.15) is 5.56 Å². The molecule has 0 aliphatic carbocycles. The van der Waals surface area contributed by atoms with Crippen molar-refractivity contribution in [3.05, 3.63) is 54.1 Å². The molecule has 2 aromatic rings. The first-order chi connectivity index (χ1) is 12.2. The molecule has 0 saturated carbocycles. The summed E-state index contributed by atoms with van der Waals surface area (Å²) in [6.07, 6.45) is -2.49. The quantitative estimate of drug-likeness (QED) is 0.614. The number of nitrogens with zero attached hydrogens (tertiary/aromatic N) is 3. The van der Waals surface area contributed by atoms with E-state index < -0.39 is 29.9 Å². The SMILES string of the molecule is O=C1CN(Cc2ccncc2F)C(=O)N1c1ccc(OC(F)(F)F)cc1. The molecular weight excluding hydrogens is 358 g/mol. The lowest BCUT2D eigenvalue weighted by Gasteiger charge is -2.17. The fourth-order valence-electron chi connectivity index (χ4n) is 2.46. The van der Waals surface area contributed by atoms with E-state index in [2.05, 4.69) is 9.72 Å². The highest BCUT2D eigenvalue weighted by Crippen LogP contribution is 2.28. The maximum Gasteiger partial charge on any atom is 0.573 e. The van der Waals surface area contributed by atoms with Gasteiger partial charge in [-0.3, -0.25) is 9.78 Å². The van der Waals surface area contributed by atoms with Gasteiger partial charge in [0.05, 0.1) is 18.4 Å². The molecule has 0 atom stereocenters. The first-order valence-corrected chi connectivity index (χ1v) is 7.30. The molecule has 1 aliphatic rings. The average molecular weight is 369 g/mol. The summed E-state index contributed by atoms with van der Waals surface area (Å²) in [5.74, 6) is -1.66. The lowest BCUT2D eigenvalue weighted by molar-refractivity contribution is -0.274. The third-order valence-electron chi connectivity index (χ3n) is 3.58. The number of anilines is 1. The molecule has 0 radical (unpaired) electrons. The third-order valence-corrected chi connectivity index (χ3v) is 3.58. The van der Waals surface area contributed by atoms with Crippen molar-refractivity contribution in [1.29, 1.82) is 0 Å². The van der Waals surface area contributed by atoms with Crippen molar-refractivity contribution in [1.82, 2.24) is 9.88 Å². The number of pyridine rings is 1. The predicted molar refractivity (Wildman–Crippen MR) is 80.6 cm³/mol. The van der Waals surface area contributed by atoms with Gasteiger partial charge in [0.25, 0.3) is 5.91 Å². The highest BCUT2D eigenvalue weighted by molar-refractivity contribution is 6.19. The standard InChI is InChI=1S/C16H11F4N3O3/c17-13-7-21-6-5-10(13)8-22-9-14(24)23(15(22)25)11-1-3-12(4-2-11)26-16(18,19)20/h1-7H,8-9H2. The Morgan fingerprint density at radius 1 is 1.12 bits per heavy atom. The summed E-state index contributed by atoms with van der Waals surface area (Å²) in [6, 6.07) is 5.00. The molecule has 0 spiro atoms. The van der Waals surface area contributed by atoms with E-state index in [-0.39, 0.29) is 24.3 Å². The minimum absolute atomic E-state index is 0.0900. The Bertz CT molecular complexity index is 839. The summed E-state index contributed by atoms with van der Waals surface area (Å²) in [7, 11) is 0. The zero-order valence-corrected chi connectivity index (χ0v) is 13.0. The van der Waals surface area contributed by atoms with Gasteiger partial charge in [0.1, 0.15) is 18.1 Å². The van der Waals surface area contributed by atoms with Crippen LogP contribution in [-0.2, 0) is 11.3 Å². The number of rotatable bonds is 4. The van der Waals surface area contributed by atoms with Crippen LogP contribution >= 0.6 is 0 Å². The molecule has 0 N–H and O–H groups in total. The van der Waals surface area contributed by atoms with E-state index in [0.717, 1.165) is 40.3 Å². The van der Waals surface area contributed by atoms with Crippen LogP contribution in [-0.4, -0.2) is 34.7 Å². The number of benzene rings is 1. The number of alkyl halides is 3. The Labute approximate surface area is 144 Å². The highest BCUT2D eigenvalue weighted by Gasteiger charge is 2.37. The van der Waals surface area contributed by atoms with Gasteiger partial charge in [0.2, 0.25) is 0 Å². The molecule has 1 aromatic carbocycles. The van der Waals surface area contributed by atoms with E-state index in [9.17, 15) is 27.2 Å². The number of hydrogen-bond acceptors (Lipinski definition) is 4. The van der Waals surface area contributed by atoms with E-state index in [1.165, 1.54) is 12.3 Å². The topological polar surface area (TPSA) is 62.7 Å². The van der Waals surface area contributed by atoms with Crippen molar-refractivity contribution in [3.63, 3.8) is 0 Å². The number of aromatic nitrogens is 1. The summed E-state index contributed by atoms with van der Waals surface area (Å²) in [4.78, 5) is 30.1. The van der Waals surface area contributed by atoms with Gasteiger partial charge in [-0.1, -0.05) is 0 Å². The normalized spacial score (nSPS) is 14.9. The fourth-order valence-corrected chi connectivity index (χ4v) is 2.46. The number of imide groups is 1. The number of hydrogen-bond donors (Lipinski definition) is 0. The van der Waals surface area contributed by atoms with Crippen molar-refractivity contribution in [3.8, 4) is 5.75 Å². The van der Waals surface area contributed by atoms with Gasteiger partial charge >= 0.3 is 12.4 Å². The number of carbonyl (C=O) groups is 2. The monoisotopic (exact) mass is 369 g/mol. The van der Waals surface area contributed by atoms with Crippen LogP contribution in [0.25, 0.3) is 0 Å². The second-order valence-electron chi connectivity index (χ2n) is 5.38.